The molecular weight excluding hydrogens is 196 g/mol. The van der Waals surface area contributed by atoms with Gasteiger partial charge in [-0.3, -0.25) is 0 Å². The molecular formula is C7H11BrO2. The van der Waals surface area contributed by atoms with Crippen LogP contribution in [0.3, 0.4) is 0 Å². The topological polar surface area (TPSA) is 26.3 Å². The number of carbonyl (C=O) groups excluding carboxylic acids is 1. The Labute approximate surface area is 69.1 Å². The van der Waals surface area contributed by atoms with E-state index in [2.05, 4.69) is 15.9 Å². The molecule has 1 heterocycles. The van der Waals surface area contributed by atoms with Crippen molar-refractivity contribution >= 4 is 22.2 Å². The summed E-state index contributed by atoms with van der Waals surface area (Å²) < 4.78 is 5.17. The number of rotatable bonds is 3. The van der Waals surface area contributed by atoms with Crippen LogP contribution in [-0.2, 0) is 9.53 Å². The minimum atomic E-state index is 0.0270. The van der Waals surface area contributed by atoms with Gasteiger partial charge in [-0.05, 0) is 18.8 Å². The summed E-state index contributed by atoms with van der Waals surface area (Å²) in [4.78, 5) is 10.2. The standard InChI is InChI=1S/C7H11BrO2/c8-7(4-9)3-6-1-2-10-5-6/h4,6-7H,1-3,5H2/t6-,7-/m1/s1. The predicted molar refractivity (Wildman–Crippen MR) is 42.3 cm³/mol. The van der Waals surface area contributed by atoms with Crippen molar-refractivity contribution in [3.63, 3.8) is 0 Å². The van der Waals surface area contributed by atoms with Crippen LogP contribution in [-0.4, -0.2) is 24.3 Å². The molecule has 0 aromatic heterocycles. The van der Waals surface area contributed by atoms with Gasteiger partial charge in [-0.2, -0.15) is 0 Å². The maximum atomic E-state index is 10.2. The molecule has 0 amide bonds. The summed E-state index contributed by atoms with van der Waals surface area (Å²) in [5, 5.41) is 0. The lowest BCUT2D eigenvalue weighted by Crippen LogP contribution is -2.08. The van der Waals surface area contributed by atoms with E-state index in [4.69, 9.17) is 4.74 Å². The van der Waals surface area contributed by atoms with Crippen molar-refractivity contribution in [1.29, 1.82) is 0 Å². The molecule has 1 saturated heterocycles. The quantitative estimate of drug-likeness (QED) is 0.516. The maximum absolute atomic E-state index is 10.2. The van der Waals surface area contributed by atoms with E-state index in [9.17, 15) is 4.79 Å². The number of hydrogen-bond donors (Lipinski definition) is 0. The van der Waals surface area contributed by atoms with Gasteiger partial charge >= 0.3 is 0 Å². The van der Waals surface area contributed by atoms with Crippen molar-refractivity contribution in [2.45, 2.75) is 17.7 Å². The van der Waals surface area contributed by atoms with Crippen molar-refractivity contribution in [3.8, 4) is 0 Å². The zero-order valence-electron chi connectivity index (χ0n) is 5.75. The average molecular weight is 207 g/mol. The lowest BCUT2D eigenvalue weighted by Gasteiger charge is -2.06. The summed E-state index contributed by atoms with van der Waals surface area (Å²) in [7, 11) is 0. The third-order valence-corrected chi connectivity index (χ3v) is 2.32. The van der Waals surface area contributed by atoms with Crippen LogP contribution in [0.4, 0.5) is 0 Å². The summed E-state index contributed by atoms with van der Waals surface area (Å²) in [5.74, 6) is 0.592. The first-order chi connectivity index (χ1) is 4.83. The minimum absolute atomic E-state index is 0.0270. The largest absolute Gasteiger partial charge is 0.381 e. The Morgan fingerprint density at radius 2 is 2.60 bits per heavy atom. The smallest absolute Gasteiger partial charge is 0.133 e. The first-order valence-electron chi connectivity index (χ1n) is 3.50. The second-order valence-electron chi connectivity index (χ2n) is 2.62. The van der Waals surface area contributed by atoms with E-state index in [1.165, 1.54) is 0 Å². The van der Waals surface area contributed by atoms with Gasteiger partial charge in [0.1, 0.15) is 6.29 Å². The summed E-state index contributed by atoms with van der Waals surface area (Å²) in [5.41, 5.74) is 0. The van der Waals surface area contributed by atoms with Gasteiger partial charge < -0.3 is 9.53 Å². The molecule has 0 bridgehead atoms. The average Bonchev–Trinajstić information content (AvgIpc) is 2.40. The Balaban J connectivity index is 2.17. The molecule has 0 unspecified atom stereocenters. The summed E-state index contributed by atoms with van der Waals surface area (Å²) in [6.45, 7) is 1.69. The predicted octanol–water partition coefficient (Wildman–Crippen LogP) is 1.38. The Bertz CT molecular complexity index is 110. The van der Waals surface area contributed by atoms with Crippen LogP contribution >= 0.6 is 15.9 Å². The molecule has 2 nitrogen and oxygen atoms in total. The van der Waals surface area contributed by atoms with E-state index in [1.807, 2.05) is 0 Å². The molecule has 1 fully saturated rings. The molecule has 1 aliphatic heterocycles. The van der Waals surface area contributed by atoms with Gasteiger partial charge in [-0.1, -0.05) is 15.9 Å². The van der Waals surface area contributed by atoms with Gasteiger partial charge in [0.15, 0.2) is 0 Å². The number of hydrogen-bond acceptors (Lipinski definition) is 2. The van der Waals surface area contributed by atoms with Gasteiger partial charge in [0.2, 0.25) is 0 Å². The summed E-state index contributed by atoms with van der Waals surface area (Å²) in [6.07, 6.45) is 2.97. The number of halogens is 1. The molecule has 58 valence electrons. The van der Waals surface area contributed by atoms with Crippen molar-refractivity contribution in [1.82, 2.24) is 0 Å². The van der Waals surface area contributed by atoms with Crippen LogP contribution in [0.5, 0.6) is 0 Å². The second kappa shape index (κ2) is 4.09. The molecule has 3 heteroatoms. The van der Waals surface area contributed by atoms with Crippen LogP contribution in [0.2, 0.25) is 0 Å². The van der Waals surface area contributed by atoms with Crippen LogP contribution < -0.4 is 0 Å². The second-order valence-corrected chi connectivity index (χ2v) is 3.79. The molecule has 0 aromatic rings. The number of aldehydes is 1. The van der Waals surface area contributed by atoms with Crippen LogP contribution in [0.1, 0.15) is 12.8 Å². The van der Waals surface area contributed by atoms with Gasteiger partial charge in [0.25, 0.3) is 0 Å². The first-order valence-corrected chi connectivity index (χ1v) is 4.41. The van der Waals surface area contributed by atoms with Crippen LogP contribution in [0.15, 0.2) is 0 Å². The fourth-order valence-electron chi connectivity index (χ4n) is 1.14. The molecule has 2 atom stereocenters. The molecule has 0 spiro atoms. The van der Waals surface area contributed by atoms with Crippen LogP contribution in [0, 0.1) is 5.92 Å². The highest BCUT2D eigenvalue weighted by Crippen LogP contribution is 2.20. The summed E-state index contributed by atoms with van der Waals surface area (Å²) in [6, 6.07) is 0. The van der Waals surface area contributed by atoms with Crippen molar-refractivity contribution < 1.29 is 9.53 Å². The van der Waals surface area contributed by atoms with Crippen molar-refractivity contribution in [2.24, 2.45) is 5.92 Å². The highest BCUT2D eigenvalue weighted by Gasteiger charge is 2.18. The third-order valence-electron chi connectivity index (χ3n) is 1.73. The molecule has 1 aliphatic rings. The Morgan fingerprint density at radius 3 is 3.10 bits per heavy atom. The molecule has 0 saturated carbocycles. The van der Waals surface area contributed by atoms with Crippen molar-refractivity contribution in [2.75, 3.05) is 13.2 Å². The Morgan fingerprint density at radius 1 is 1.80 bits per heavy atom. The lowest BCUT2D eigenvalue weighted by atomic mass is 10.0. The number of alkyl halides is 1. The lowest BCUT2D eigenvalue weighted by molar-refractivity contribution is -0.107. The normalized spacial score (nSPS) is 28.3. The van der Waals surface area contributed by atoms with Gasteiger partial charge in [-0.15, -0.1) is 0 Å². The molecule has 1 rings (SSSR count). The van der Waals surface area contributed by atoms with Crippen LogP contribution in [0.25, 0.3) is 0 Å². The maximum Gasteiger partial charge on any atom is 0.133 e. The van der Waals surface area contributed by atoms with E-state index in [-0.39, 0.29) is 4.83 Å². The fraction of sp³-hybridized carbons (Fsp3) is 0.857. The number of ether oxygens (including phenoxy) is 1. The van der Waals surface area contributed by atoms with E-state index in [0.717, 1.165) is 32.3 Å². The van der Waals surface area contributed by atoms with E-state index in [1.54, 1.807) is 0 Å². The fourth-order valence-corrected chi connectivity index (χ4v) is 1.67. The van der Waals surface area contributed by atoms with E-state index in [0.29, 0.717) is 5.92 Å². The van der Waals surface area contributed by atoms with Gasteiger partial charge in [0, 0.05) is 13.2 Å². The summed E-state index contributed by atoms with van der Waals surface area (Å²) >= 11 is 3.26. The zero-order chi connectivity index (χ0) is 7.40. The monoisotopic (exact) mass is 206 g/mol. The van der Waals surface area contributed by atoms with Gasteiger partial charge in [0.05, 0.1) is 4.83 Å². The van der Waals surface area contributed by atoms with Gasteiger partial charge in [-0.25, -0.2) is 0 Å². The molecule has 0 N–H and O–H groups in total. The van der Waals surface area contributed by atoms with Crippen molar-refractivity contribution in [3.05, 3.63) is 0 Å². The first kappa shape index (κ1) is 8.21. The third kappa shape index (κ3) is 2.39. The van der Waals surface area contributed by atoms with E-state index >= 15 is 0 Å². The Hall–Kier alpha value is 0.110. The highest BCUT2D eigenvalue weighted by molar-refractivity contribution is 9.09. The Kier molecular flexibility index (Phi) is 3.35. The molecule has 10 heavy (non-hydrogen) atoms. The number of carbonyl (C=O) groups is 1. The minimum Gasteiger partial charge on any atom is -0.381 e. The zero-order valence-corrected chi connectivity index (χ0v) is 7.34. The highest BCUT2D eigenvalue weighted by atomic mass is 79.9. The molecule has 0 aromatic carbocycles. The van der Waals surface area contributed by atoms with E-state index < -0.39 is 0 Å². The molecule has 0 radical (unpaired) electrons. The SMILES string of the molecule is O=C[C@H](Br)C[C@H]1CCOC1. The molecule has 0 aliphatic carbocycles.